The maximum Gasteiger partial charge on any atom is 0.225 e. The van der Waals surface area contributed by atoms with Crippen LogP contribution in [0.15, 0.2) is 36.4 Å². The summed E-state index contributed by atoms with van der Waals surface area (Å²) in [6.07, 6.45) is 0.315. The van der Waals surface area contributed by atoms with Crippen LogP contribution in [0.4, 0.5) is 5.69 Å². The number of anilines is 1. The van der Waals surface area contributed by atoms with Gasteiger partial charge in [-0.3, -0.25) is 4.79 Å². The van der Waals surface area contributed by atoms with Gasteiger partial charge in [-0.2, -0.15) is 0 Å². The van der Waals surface area contributed by atoms with Crippen LogP contribution >= 0.6 is 0 Å². The maximum absolute atomic E-state index is 12.1. The molecular formula is C21H21NO4. The quantitative estimate of drug-likeness (QED) is 0.727. The van der Waals surface area contributed by atoms with E-state index in [0.29, 0.717) is 17.9 Å². The third kappa shape index (κ3) is 3.81. The van der Waals surface area contributed by atoms with Gasteiger partial charge in [0.25, 0.3) is 0 Å². The molecule has 0 saturated heterocycles. The van der Waals surface area contributed by atoms with Crippen LogP contribution in [0, 0.1) is 11.8 Å². The number of benzene rings is 2. The van der Waals surface area contributed by atoms with Crippen molar-refractivity contribution < 1.29 is 19.7 Å². The molecular weight excluding hydrogens is 330 g/mol. The molecule has 3 rings (SSSR count). The van der Waals surface area contributed by atoms with E-state index in [1.165, 1.54) is 13.2 Å². The number of methoxy groups -OCH3 is 1. The van der Waals surface area contributed by atoms with Gasteiger partial charge in [0.1, 0.15) is 5.60 Å². The van der Waals surface area contributed by atoms with Crippen LogP contribution in [0.3, 0.4) is 0 Å². The highest BCUT2D eigenvalue weighted by Crippen LogP contribution is 2.42. The fourth-order valence-electron chi connectivity index (χ4n) is 2.96. The maximum atomic E-state index is 12.1. The van der Waals surface area contributed by atoms with Gasteiger partial charge in [-0.05, 0) is 43.2 Å². The number of phenolic OH excluding ortho intramolecular Hbond substituents is 1. The van der Waals surface area contributed by atoms with Crippen molar-refractivity contribution >= 4 is 11.6 Å². The van der Waals surface area contributed by atoms with E-state index in [1.807, 2.05) is 24.3 Å². The monoisotopic (exact) mass is 351 g/mol. The van der Waals surface area contributed by atoms with Crippen molar-refractivity contribution in [1.82, 2.24) is 0 Å². The van der Waals surface area contributed by atoms with Crippen molar-refractivity contribution in [2.45, 2.75) is 31.8 Å². The van der Waals surface area contributed by atoms with Gasteiger partial charge in [0.2, 0.25) is 5.91 Å². The van der Waals surface area contributed by atoms with Crippen molar-refractivity contribution in [2.24, 2.45) is 0 Å². The smallest absolute Gasteiger partial charge is 0.225 e. The molecule has 0 spiro atoms. The van der Waals surface area contributed by atoms with E-state index in [2.05, 4.69) is 17.2 Å². The first-order chi connectivity index (χ1) is 12.3. The highest BCUT2D eigenvalue weighted by atomic mass is 16.5. The molecule has 26 heavy (non-hydrogen) atoms. The topological polar surface area (TPSA) is 78.8 Å². The molecule has 5 heteroatoms. The molecule has 0 bridgehead atoms. The van der Waals surface area contributed by atoms with E-state index < -0.39 is 5.60 Å². The molecule has 5 nitrogen and oxygen atoms in total. The molecule has 1 amide bonds. The second-order valence-electron chi connectivity index (χ2n) is 6.85. The molecule has 3 N–H and O–H groups in total. The second-order valence-corrected chi connectivity index (χ2v) is 6.85. The van der Waals surface area contributed by atoms with Crippen LogP contribution in [0.5, 0.6) is 11.5 Å². The van der Waals surface area contributed by atoms with Gasteiger partial charge in [0.15, 0.2) is 11.5 Å². The SMILES string of the molecule is COc1cc2c(cc1O)NC(=O)C[C@@H]2c1ccc(C#CC(C)(C)O)cc1. The molecule has 0 radical (unpaired) electrons. The summed E-state index contributed by atoms with van der Waals surface area (Å²) < 4.78 is 5.20. The predicted octanol–water partition coefficient (Wildman–Crippen LogP) is 3.00. The standard InChI is InChI=1S/C21H21NO4/c1-21(2,25)9-8-13-4-6-14(7-5-13)15-11-20(24)22-17-12-18(23)19(26-3)10-16(15)17/h4-7,10,12,15,23,25H,11H2,1-3H3,(H,22,24)/t15-/m1/s1. The zero-order valence-corrected chi connectivity index (χ0v) is 15.0. The molecule has 1 aliphatic rings. The summed E-state index contributed by atoms with van der Waals surface area (Å²) in [5.74, 6) is 5.84. The van der Waals surface area contributed by atoms with Crippen LogP contribution in [0.25, 0.3) is 0 Å². The number of hydrogen-bond donors (Lipinski definition) is 3. The van der Waals surface area contributed by atoms with Gasteiger partial charge in [-0.1, -0.05) is 24.0 Å². The van der Waals surface area contributed by atoms with Gasteiger partial charge in [-0.25, -0.2) is 0 Å². The van der Waals surface area contributed by atoms with Gasteiger partial charge in [0, 0.05) is 29.7 Å². The van der Waals surface area contributed by atoms with E-state index >= 15 is 0 Å². The zero-order chi connectivity index (χ0) is 18.9. The first-order valence-electron chi connectivity index (χ1n) is 8.33. The van der Waals surface area contributed by atoms with Gasteiger partial charge in [-0.15, -0.1) is 0 Å². The molecule has 1 heterocycles. The normalized spacial score (nSPS) is 16.2. The summed E-state index contributed by atoms with van der Waals surface area (Å²) >= 11 is 0. The third-order valence-electron chi connectivity index (χ3n) is 4.22. The molecule has 0 aliphatic carbocycles. The van der Waals surface area contributed by atoms with E-state index in [4.69, 9.17) is 4.74 Å². The first kappa shape index (κ1) is 17.8. The van der Waals surface area contributed by atoms with Crippen LogP contribution in [0.1, 0.15) is 42.9 Å². The van der Waals surface area contributed by atoms with Crippen LogP contribution in [-0.4, -0.2) is 28.8 Å². The fraction of sp³-hybridized carbons (Fsp3) is 0.286. The number of carbonyl (C=O) groups is 1. The summed E-state index contributed by atoms with van der Waals surface area (Å²) in [5, 5.41) is 22.5. The van der Waals surface area contributed by atoms with E-state index in [0.717, 1.165) is 16.7 Å². The Morgan fingerprint density at radius 2 is 1.92 bits per heavy atom. The summed E-state index contributed by atoms with van der Waals surface area (Å²) in [6, 6.07) is 10.9. The lowest BCUT2D eigenvalue weighted by Gasteiger charge is -2.27. The molecule has 0 unspecified atom stereocenters. The Hall–Kier alpha value is -2.97. The minimum absolute atomic E-state index is 0.00978. The van der Waals surface area contributed by atoms with Crippen molar-refractivity contribution in [1.29, 1.82) is 0 Å². The average Bonchev–Trinajstić information content (AvgIpc) is 2.58. The van der Waals surface area contributed by atoms with Crippen molar-refractivity contribution in [3.63, 3.8) is 0 Å². The lowest BCUT2D eigenvalue weighted by Crippen LogP contribution is -2.23. The zero-order valence-electron chi connectivity index (χ0n) is 15.0. The number of carbonyl (C=O) groups excluding carboxylic acids is 1. The van der Waals surface area contributed by atoms with Gasteiger partial charge >= 0.3 is 0 Å². The van der Waals surface area contributed by atoms with Crippen molar-refractivity contribution in [2.75, 3.05) is 12.4 Å². The van der Waals surface area contributed by atoms with E-state index in [1.54, 1.807) is 19.9 Å². The number of ether oxygens (including phenoxy) is 1. The summed E-state index contributed by atoms with van der Waals surface area (Å²) in [5.41, 5.74) is 2.21. The lowest BCUT2D eigenvalue weighted by atomic mass is 9.84. The molecule has 0 saturated carbocycles. The first-order valence-corrected chi connectivity index (χ1v) is 8.33. The van der Waals surface area contributed by atoms with Crippen LogP contribution < -0.4 is 10.1 Å². The van der Waals surface area contributed by atoms with Crippen LogP contribution in [0.2, 0.25) is 0 Å². The molecule has 1 atom stereocenters. The predicted molar refractivity (Wildman–Crippen MR) is 99.4 cm³/mol. The highest BCUT2D eigenvalue weighted by molar-refractivity contribution is 5.96. The second kappa shape index (κ2) is 6.74. The van der Waals surface area contributed by atoms with Crippen molar-refractivity contribution in [3.8, 4) is 23.3 Å². The fourth-order valence-corrected chi connectivity index (χ4v) is 2.96. The number of rotatable bonds is 2. The van der Waals surface area contributed by atoms with Crippen molar-refractivity contribution in [3.05, 3.63) is 53.1 Å². The van der Waals surface area contributed by atoms with Gasteiger partial charge < -0.3 is 20.3 Å². The Labute approximate surface area is 152 Å². The number of fused-ring (bicyclic) bond motifs is 1. The summed E-state index contributed by atoms with van der Waals surface area (Å²) in [4.78, 5) is 12.1. The minimum atomic E-state index is -1.04. The lowest BCUT2D eigenvalue weighted by molar-refractivity contribution is -0.116. The summed E-state index contributed by atoms with van der Waals surface area (Å²) in [7, 11) is 1.49. The van der Waals surface area contributed by atoms with E-state index in [-0.39, 0.29) is 17.6 Å². The number of amides is 1. The number of phenols is 1. The number of aliphatic hydroxyl groups is 1. The Kier molecular flexibility index (Phi) is 4.62. The molecule has 2 aromatic carbocycles. The number of aromatic hydroxyl groups is 1. The Bertz CT molecular complexity index is 899. The number of nitrogens with one attached hydrogen (secondary N) is 1. The van der Waals surface area contributed by atoms with Gasteiger partial charge in [0.05, 0.1) is 7.11 Å². The molecule has 1 aliphatic heterocycles. The molecule has 0 aromatic heterocycles. The third-order valence-corrected chi connectivity index (χ3v) is 4.22. The molecule has 2 aromatic rings. The summed E-state index contributed by atoms with van der Waals surface area (Å²) in [6.45, 7) is 3.27. The largest absolute Gasteiger partial charge is 0.504 e. The Morgan fingerprint density at radius 3 is 2.54 bits per heavy atom. The Balaban J connectivity index is 1.97. The molecule has 134 valence electrons. The molecule has 0 fully saturated rings. The van der Waals surface area contributed by atoms with Crippen LogP contribution in [-0.2, 0) is 4.79 Å². The Morgan fingerprint density at radius 1 is 1.23 bits per heavy atom. The minimum Gasteiger partial charge on any atom is -0.504 e. The van der Waals surface area contributed by atoms with E-state index in [9.17, 15) is 15.0 Å². The number of hydrogen-bond acceptors (Lipinski definition) is 4. The highest BCUT2D eigenvalue weighted by Gasteiger charge is 2.28. The average molecular weight is 351 g/mol.